The van der Waals surface area contributed by atoms with Crippen LogP contribution in [0.1, 0.15) is 24.6 Å². The van der Waals surface area contributed by atoms with Gasteiger partial charge in [-0.2, -0.15) is 0 Å². The van der Waals surface area contributed by atoms with Crippen molar-refractivity contribution in [1.29, 1.82) is 0 Å². The molecule has 2 atom stereocenters. The van der Waals surface area contributed by atoms with Crippen LogP contribution in [0.15, 0.2) is 48.5 Å². The summed E-state index contributed by atoms with van der Waals surface area (Å²) in [4.78, 5) is 17.2. The number of hydrogen-bond donors (Lipinski definition) is 0. The third-order valence-electron chi connectivity index (χ3n) is 4.90. The van der Waals surface area contributed by atoms with Crippen LogP contribution in [-0.2, 0) is 4.79 Å². The van der Waals surface area contributed by atoms with Crippen LogP contribution in [0.25, 0.3) is 0 Å². The second kappa shape index (κ2) is 6.11. The van der Waals surface area contributed by atoms with Crippen LogP contribution < -0.4 is 9.64 Å². The summed E-state index contributed by atoms with van der Waals surface area (Å²) in [6.45, 7) is 0.920. The van der Waals surface area contributed by atoms with Crippen molar-refractivity contribution in [2.24, 2.45) is 0 Å². The summed E-state index contributed by atoms with van der Waals surface area (Å²) in [6.07, 6.45) is 1.83. The van der Waals surface area contributed by atoms with Crippen molar-refractivity contribution in [2.45, 2.75) is 25.0 Å². The number of benzene rings is 2. The highest BCUT2D eigenvalue weighted by Gasteiger charge is 2.50. The molecule has 2 aliphatic rings. The van der Waals surface area contributed by atoms with E-state index in [-0.39, 0.29) is 18.1 Å². The van der Waals surface area contributed by atoms with Gasteiger partial charge in [-0.15, -0.1) is 0 Å². The van der Waals surface area contributed by atoms with Crippen LogP contribution in [0.2, 0.25) is 5.02 Å². The first kappa shape index (κ1) is 15.5. The molecule has 24 heavy (non-hydrogen) atoms. The molecule has 0 N–H and O–H groups in total. The SMILES string of the molecule is COc1ccccc1C1N(c2ccc(Cl)cc2)C(=O)C2CCCN21. The monoisotopic (exact) mass is 342 g/mol. The number of para-hydroxylation sites is 1. The van der Waals surface area contributed by atoms with Crippen LogP contribution in [0.3, 0.4) is 0 Å². The Morgan fingerprint density at radius 1 is 1.12 bits per heavy atom. The zero-order valence-corrected chi connectivity index (χ0v) is 14.2. The molecule has 0 aliphatic carbocycles. The summed E-state index contributed by atoms with van der Waals surface area (Å²) >= 11 is 6.02. The molecule has 4 nitrogen and oxygen atoms in total. The van der Waals surface area contributed by atoms with Gasteiger partial charge in [-0.05, 0) is 43.2 Å². The first-order valence-corrected chi connectivity index (χ1v) is 8.56. The van der Waals surface area contributed by atoms with Crippen molar-refractivity contribution in [2.75, 3.05) is 18.6 Å². The summed E-state index contributed by atoms with van der Waals surface area (Å²) < 4.78 is 5.56. The fourth-order valence-corrected chi connectivity index (χ4v) is 3.97. The Labute approximate surface area is 146 Å². The van der Waals surface area contributed by atoms with Gasteiger partial charge in [-0.1, -0.05) is 29.8 Å². The van der Waals surface area contributed by atoms with E-state index in [2.05, 4.69) is 4.90 Å². The van der Waals surface area contributed by atoms with E-state index in [4.69, 9.17) is 16.3 Å². The number of methoxy groups -OCH3 is 1. The highest BCUT2D eigenvalue weighted by molar-refractivity contribution is 6.30. The summed E-state index contributed by atoms with van der Waals surface area (Å²) in [5.41, 5.74) is 1.89. The Kier molecular flexibility index (Phi) is 3.94. The van der Waals surface area contributed by atoms with Crippen LogP contribution in [-0.4, -0.2) is 30.5 Å². The molecule has 2 unspecified atom stereocenters. The summed E-state index contributed by atoms with van der Waals surface area (Å²) in [5.74, 6) is 0.965. The van der Waals surface area contributed by atoms with Gasteiger partial charge < -0.3 is 4.74 Å². The van der Waals surface area contributed by atoms with Gasteiger partial charge in [0.05, 0.1) is 13.2 Å². The predicted molar refractivity (Wildman–Crippen MR) is 94.4 cm³/mol. The van der Waals surface area contributed by atoms with Gasteiger partial charge in [0.1, 0.15) is 11.9 Å². The average molecular weight is 343 g/mol. The van der Waals surface area contributed by atoms with Crippen molar-refractivity contribution in [3.05, 3.63) is 59.1 Å². The lowest BCUT2D eigenvalue weighted by Crippen LogP contribution is -2.32. The van der Waals surface area contributed by atoms with Crippen molar-refractivity contribution in [1.82, 2.24) is 4.90 Å². The quantitative estimate of drug-likeness (QED) is 0.849. The Hall–Kier alpha value is -2.04. The Morgan fingerprint density at radius 2 is 1.88 bits per heavy atom. The zero-order chi connectivity index (χ0) is 16.7. The molecule has 2 heterocycles. The number of carbonyl (C=O) groups is 1. The minimum atomic E-state index is -0.137. The van der Waals surface area contributed by atoms with Crippen molar-refractivity contribution in [3.8, 4) is 5.75 Å². The molecule has 2 saturated heterocycles. The summed E-state index contributed by atoms with van der Waals surface area (Å²) in [5, 5.41) is 0.666. The largest absolute Gasteiger partial charge is 0.496 e. The van der Waals surface area contributed by atoms with Crippen LogP contribution >= 0.6 is 11.6 Å². The number of anilines is 1. The maximum absolute atomic E-state index is 13.1. The zero-order valence-electron chi connectivity index (χ0n) is 13.5. The van der Waals surface area contributed by atoms with E-state index in [9.17, 15) is 4.79 Å². The number of halogens is 1. The first-order chi connectivity index (χ1) is 11.7. The van der Waals surface area contributed by atoms with Gasteiger partial charge in [0.15, 0.2) is 0 Å². The van der Waals surface area contributed by atoms with Crippen molar-refractivity contribution in [3.63, 3.8) is 0 Å². The molecule has 0 radical (unpaired) electrons. The van der Waals surface area contributed by atoms with Gasteiger partial charge in [-0.3, -0.25) is 14.6 Å². The Balaban J connectivity index is 1.83. The van der Waals surface area contributed by atoms with Crippen LogP contribution in [0.5, 0.6) is 5.75 Å². The van der Waals surface area contributed by atoms with Gasteiger partial charge in [0.25, 0.3) is 0 Å². The second-order valence-corrected chi connectivity index (χ2v) is 6.63. The van der Waals surface area contributed by atoms with Crippen molar-refractivity contribution >= 4 is 23.2 Å². The molecule has 2 fully saturated rings. The molecule has 2 aromatic carbocycles. The fourth-order valence-electron chi connectivity index (χ4n) is 3.84. The van der Waals surface area contributed by atoms with Crippen LogP contribution in [0, 0.1) is 0 Å². The van der Waals surface area contributed by atoms with Gasteiger partial charge in [-0.25, -0.2) is 0 Å². The third kappa shape index (κ3) is 2.38. The van der Waals surface area contributed by atoms with E-state index in [0.717, 1.165) is 36.4 Å². The van der Waals surface area contributed by atoms with Gasteiger partial charge in [0.2, 0.25) is 5.91 Å². The molecule has 0 aromatic heterocycles. The lowest BCUT2D eigenvalue weighted by molar-refractivity contribution is -0.119. The van der Waals surface area contributed by atoms with E-state index in [1.54, 1.807) is 7.11 Å². The number of fused-ring (bicyclic) bond motifs is 1. The lowest BCUT2D eigenvalue weighted by Gasteiger charge is -2.30. The topological polar surface area (TPSA) is 32.8 Å². The van der Waals surface area contributed by atoms with Crippen molar-refractivity contribution < 1.29 is 9.53 Å². The summed E-state index contributed by atoms with van der Waals surface area (Å²) in [7, 11) is 1.67. The first-order valence-electron chi connectivity index (χ1n) is 8.18. The molecular formula is C19H19ClN2O2. The Bertz CT molecular complexity index is 762. The Morgan fingerprint density at radius 3 is 2.62 bits per heavy atom. The summed E-state index contributed by atoms with van der Waals surface area (Å²) in [6, 6.07) is 15.4. The van der Waals surface area contributed by atoms with E-state index >= 15 is 0 Å². The number of amides is 1. The minimum Gasteiger partial charge on any atom is -0.496 e. The predicted octanol–water partition coefficient (Wildman–Crippen LogP) is 3.86. The standard InChI is InChI=1S/C19H19ClN2O2/c1-24-17-7-3-2-5-15(17)18-21-12-4-6-16(21)19(23)22(18)14-10-8-13(20)9-11-14/h2-3,5,7-11,16,18H,4,6,12H2,1H3. The van der Waals surface area contributed by atoms with E-state index in [0.29, 0.717) is 5.02 Å². The highest BCUT2D eigenvalue weighted by Crippen LogP contribution is 2.44. The molecule has 124 valence electrons. The highest BCUT2D eigenvalue weighted by atomic mass is 35.5. The minimum absolute atomic E-state index is 0.0457. The number of ether oxygens (including phenoxy) is 1. The average Bonchev–Trinajstić information content (AvgIpc) is 3.18. The number of carbonyl (C=O) groups excluding carboxylic acids is 1. The van der Waals surface area contributed by atoms with E-state index in [1.165, 1.54) is 0 Å². The van der Waals surface area contributed by atoms with E-state index in [1.807, 2.05) is 53.4 Å². The molecule has 5 heteroatoms. The molecule has 0 spiro atoms. The van der Waals surface area contributed by atoms with Gasteiger partial charge >= 0.3 is 0 Å². The van der Waals surface area contributed by atoms with E-state index < -0.39 is 0 Å². The third-order valence-corrected chi connectivity index (χ3v) is 5.15. The molecule has 0 bridgehead atoms. The van der Waals surface area contributed by atoms with Gasteiger partial charge in [0, 0.05) is 22.8 Å². The molecular weight excluding hydrogens is 324 g/mol. The molecule has 2 aromatic rings. The molecule has 4 rings (SSSR count). The maximum Gasteiger partial charge on any atom is 0.246 e. The number of rotatable bonds is 3. The normalized spacial score (nSPS) is 23.6. The second-order valence-electron chi connectivity index (χ2n) is 6.20. The smallest absolute Gasteiger partial charge is 0.246 e. The molecule has 2 aliphatic heterocycles. The number of hydrogen-bond acceptors (Lipinski definition) is 3. The lowest BCUT2D eigenvalue weighted by atomic mass is 10.1. The maximum atomic E-state index is 13.1. The number of nitrogens with zero attached hydrogens (tertiary/aromatic N) is 2. The van der Waals surface area contributed by atoms with Crippen LogP contribution in [0.4, 0.5) is 5.69 Å². The molecule has 1 amide bonds. The molecule has 0 saturated carbocycles. The fraction of sp³-hybridized carbons (Fsp3) is 0.316.